The lowest BCUT2D eigenvalue weighted by molar-refractivity contribution is -0.117. The van der Waals surface area contributed by atoms with Crippen LogP contribution in [-0.4, -0.2) is 42.6 Å². The quantitative estimate of drug-likeness (QED) is 0.0807. The van der Waals surface area contributed by atoms with Crippen molar-refractivity contribution >= 4 is 23.4 Å². The van der Waals surface area contributed by atoms with Crippen molar-refractivity contribution in [2.45, 2.75) is 85.5 Å². The van der Waals surface area contributed by atoms with Crippen LogP contribution in [-0.2, 0) is 4.79 Å². The number of aromatic nitrogens is 1. The second kappa shape index (κ2) is 16.2. The molecule has 1 aromatic heterocycles. The predicted octanol–water partition coefficient (Wildman–Crippen LogP) is 10.4. The Labute approximate surface area is 286 Å². The molecule has 0 radical (unpaired) electrons. The van der Waals surface area contributed by atoms with Gasteiger partial charge < -0.3 is 25.9 Å². The molecule has 47 heavy (non-hydrogen) atoms. The number of carbonyl (C=O) groups is 1. The largest absolute Gasteiger partial charge is 0.383 e. The van der Waals surface area contributed by atoms with Gasteiger partial charge in [0.1, 0.15) is 0 Å². The van der Waals surface area contributed by atoms with Gasteiger partial charge in [-0.15, -0.1) is 0 Å². The molecule has 256 valence electrons. The Morgan fingerprint density at radius 1 is 1.17 bits per heavy atom. The smallest absolute Gasteiger partial charge is 0.251 e. The Kier molecular flexibility index (Phi) is 12.3. The Bertz CT molecular complexity index is 1540. The van der Waals surface area contributed by atoms with Crippen molar-refractivity contribution < 1.29 is 7.65 Å². The molecule has 0 saturated heterocycles. The molecule has 4 N–H and O–H groups in total. The minimum Gasteiger partial charge on any atom is -0.383 e. The summed E-state index contributed by atoms with van der Waals surface area (Å²) in [5.74, 6) is 0.771. The van der Waals surface area contributed by atoms with E-state index in [-0.39, 0.29) is 14.2 Å². The van der Waals surface area contributed by atoms with Crippen molar-refractivity contribution in [3.05, 3.63) is 96.0 Å². The Hall–Kier alpha value is -4.06. The number of nitrogens with one attached hydrogen (secondary N) is 4. The SMILES string of the molecule is C=C/C(=C\N(C)C)c1c[nH]c(-c2cccc(NC3=CC(C(=O)NCCCC4CCCCC45CC=CC5)=CCC3(C)C)c2C=N)c1.CC.[HH].[HH]. The molecule has 1 amide bonds. The number of hydrogen-bond donors (Lipinski definition) is 4. The third-order valence-corrected chi connectivity index (χ3v) is 10.1. The van der Waals surface area contributed by atoms with Crippen molar-refractivity contribution in [1.29, 1.82) is 5.41 Å². The summed E-state index contributed by atoms with van der Waals surface area (Å²) in [6.07, 6.45) is 27.0. The van der Waals surface area contributed by atoms with E-state index in [0.717, 1.165) is 58.1 Å². The van der Waals surface area contributed by atoms with Crippen LogP contribution in [0.4, 0.5) is 5.69 Å². The molecule has 1 atom stereocenters. The summed E-state index contributed by atoms with van der Waals surface area (Å²) < 4.78 is 0. The van der Waals surface area contributed by atoms with Gasteiger partial charge in [0.15, 0.2) is 0 Å². The zero-order chi connectivity index (χ0) is 34.0. The number of carbonyl (C=O) groups excluding carboxylic acids is 1. The number of aromatic amines is 1. The minimum atomic E-state index is -0.181. The van der Waals surface area contributed by atoms with E-state index in [4.69, 9.17) is 5.41 Å². The predicted molar refractivity (Wildman–Crippen MR) is 205 cm³/mol. The number of H-pyrrole nitrogens is 1. The molecular weight excluding hydrogens is 578 g/mol. The molecule has 0 bridgehead atoms. The molecule has 2 aromatic rings. The summed E-state index contributed by atoms with van der Waals surface area (Å²) in [5.41, 5.74) is 7.55. The van der Waals surface area contributed by atoms with E-state index in [1.165, 1.54) is 51.2 Å². The third kappa shape index (κ3) is 8.46. The first-order valence-corrected chi connectivity index (χ1v) is 17.6. The van der Waals surface area contributed by atoms with Crippen LogP contribution in [0.25, 0.3) is 16.8 Å². The van der Waals surface area contributed by atoms with Crippen molar-refractivity contribution in [3.63, 3.8) is 0 Å². The molecule has 3 aliphatic rings. The summed E-state index contributed by atoms with van der Waals surface area (Å²) in [4.78, 5) is 18.7. The molecule has 5 rings (SSSR count). The summed E-state index contributed by atoms with van der Waals surface area (Å²) in [6, 6.07) is 8.13. The van der Waals surface area contributed by atoms with Gasteiger partial charge in [-0.3, -0.25) is 4.79 Å². The standard InChI is InChI=1S/C39H51N5O.C2H6.2H2/c1-6-28(27-44(4)5)30-23-35(42-26-30)32-15-11-16-34(33(32)25-40)43-36-24-29(17-21-38(36,2)3)37(45)41-22-12-14-31-13-7-8-18-39(31)19-9-10-20-39;1-2;;/h6,9-11,15-17,23-27,31,40,42-43H,1,7-8,12-14,18-22H2,2-5H3,(H,41,45);1-2H3;2*1H/b28-27+,40-25?;;;. The third-order valence-electron chi connectivity index (χ3n) is 10.1. The fraction of sp³-hybridized carbons (Fsp3) is 0.463. The average molecular weight is 640 g/mol. The van der Waals surface area contributed by atoms with E-state index in [2.05, 4.69) is 60.3 Å². The summed E-state index contributed by atoms with van der Waals surface area (Å²) in [7, 11) is 3.98. The van der Waals surface area contributed by atoms with Crippen LogP contribution in [0.15, 0.2) is 84.9 Å². The van der Waals surface area contributed by atoms with E-state index in [9.17, 15) is 4.79 Å². The molecule has 1 aromatic carbocycles. The first-order valence-electron chi connectivity index (χ1n) is 17.6. The highest BCUT2D eigenvalue weighted by molar-refractivity contribution is 5.98. The van der Waals surface area contributed by atoms with Crippen LogP contribution < -0.4 is 10.6 Å². The van der Waals surface area contributed by atoms with Gasteiger partial charge in [0.25, 0.3) is 5.91 Å². The fourth-order valence-corrected chi connectivity index (χ4v) is 7.44. The van der Waals surface area contributed by atoms with Gasteiger partial charge in [-0.25, -0.2) is 0 Å². The highest BCUT2D eigenvalue weighted by Gasteiger charge is 2.40. The van der Waals surface area contributed by atoms with Crippen molar-refractivity contribution in [2.24, 2.45) is 16.7 Å². The monoisotopic (exact) mass is 639 g/mol. The zero-order valence-corrected chi connectivity index (χ0v) is 29.6. The van der Waals surface area contributed by atoms with Crippen LogP contribution >= 0.6 is 0 Å². The van der Waals surface area contributed by atoms with Gasteiger partial charge in [-0.05, 0) is 80.1 Å². The Morgan fingerprint density at radius 2 is 1.94 bits per heavy atom. The number of anilines is 1. The van der Waals surface area contributed by atoms with Crippen LogP contribution in [0.1, 0.15) is 99.5 Å². The lowest BCUT2D eigenvalue weighted by Gasteiger charge is -2.42. The lowest BCUT2D eigenvalue weighted by Crippen LogP contribution is -2.33. The molecule has 1 heterocycles. The average Bonchev–Trinajstić information content (AvgIpc) is 3.75. The first kappa shape index (κ1) is 35.8. The Morgan fingerprint density at radius 3 is 2.64 bits per heavy atom. The van der Waals surface area contributed by atoms with Gasteiger partial charge in [-0.1, -0.05) is 83.6 Å². The van der Waals surface area contributed by atoms with Crippen LogP contribution in [0, 0.1) is 22.2 Å². The van der Waals surface area contributed by atoms with E-state index >= 15 is 0 Å². The number of rotatable bonds is 12. The number of benzene rings is 1. The highest BCUT2D eigenvalue weighted by atomic mass is 16.1. The number of nitrogens with zero attached hydrogens (tertiary/aromatic N) is 1. The second-order valence-electron chi connectivity index (χ2n) is 14.0. The van der Waals surface area contributed by atoms with E-state index in [1.807, 2.05) is 75.6 Å². The maximum atomic E-state index is 13.3. The summed E-state index contributed by atoms with van der Waals surface area (Å²) in [6.45, 7) is 13.1. The molecule has 3 aliphatic carbocycles. The molecule has 6 heteroatoms. The van der Waals surface area contributed by atoms with Crippen LogP contribution in [0.3, 0.4) is 0 Å². The van der Waals surface area contributed by atoms with Crippen molar-refractivity contribution in [1.82, 2.24) is 15.2 Å². The molecule has 1 fully saturated rings. The minimum absolute atomic E-state index is 0. The number of hydrogen-bond acceptors (Lipinski definition) is 4. The van der Waals surface area contributed by atoms with Gasteiger partial charge in [0.2, 0.25) is 0 Å². The molecule has 1 spiro atoms. The summed E-state index contributed by atoms with van der Waals surface area (Å²) >= 11 is 0. The van der Waals surface area contributed by atoms with Crippen molar-refractivity contribution in [2.75, 3.05) is 26.0 Å². The molecular formula is C41H61N5O. The maximum absolute atomic E-state index is 13.3. The van der Waals surface area contributed by atoms with Crippen LogP contribution in [0.5, 0.6) is 0 Å². The molecule has 6 nitrogen and oxygen atoms in total. The van der Waals surface area contributed by atoms with Gasteiger partial charge >= 0.3 is 0 Å². The van der Waals surface area contributed by atoms with Gasteiger partial charge in [0.05, 0.1) is 0 Å². The van der Waals surface area contributed by atoms with Crippen molar-refractivity contribution in [3.8, 4) is 11.3 Å². The number of amides is 1. The molecule has 1 saturated carbocycles. The topological polar surface area (TPSA) is 84.0 Å². The Balaban J connectivity index is 0.00000205. The maximum Gasteiger partial charge on any atom is 0.251 e. The van der Waals surface area contributed by atoms with Crippen LogP contribution in [0.2, 0.25) is 0 Å². The van der Waals surface area contributed by atoms with E-state index < -0.39 is 0 Å². The van der Waals surface area contributed by atoms with Gasteiger partial charge in [0, 0.05) is 86.9 Å². The highest BCUT2D eigenvalue weighted by Crippen LogP contribution is 2.51. The second-order valence-corrected chi connectivity index (χ2v) is 14.0. The fourth-order valence-electron chi connectivity index (χ4n) is 7.44. The zero-order valence-electron chi connectivity index (χ0n) is 29.6. The number of allylic oxidation sites excluding steroid dienone is 6. The van der Waals surface area contributed by atoms with E-state index in [0.29, 0.717) is 17.5 Å². The van der Waals surface area contributed by atoms with Gasteiger partial charge in [-0.2, -0.15) is 0 Å². The molecule has 0 aliphatic heterocycles. The molecule has 1 unspecified atom stereocenters. The lowest BCUT2D eigenvalue weighted by atomic mass is 9.63. The normalized spacial score (nSPS) is 19.6. The summed E-state index contributed by atoms with van der Waals surface area (Å²) in [5, 5.41) is 15.2. The van der Waals surface area contributed by atoms with E-state index in [1.54, 1.807) is 0 Å². The first-order chi connectivity index (χ1) is 22.7.